The van der Waals surface area contributed by atoms with Gasteiger partial charge < -0.3 is 4.98 Å². The second kappa shape index (κ2) is 6.50. The maximum absolute atomic E-state index is 8.93. The smallest absolute Gasteiger partial charge is 0.335 e. The molecule has 2 heterocycles. The summed E-state index contributed by atoms with van der Waals surface area (Å²) in [6.45, 7) is 26.1. The van der Waals surface area contributed by atoms with Gasteiger partial charge in [-0.1, -0.05) is 41.5 Å². The van der Waals surface area contributed by atoms with Crippen molar-refractivity contribution in [2.75, 3.05) is 0 Å². The van der Waals surface area contributed by atoms with E-state index in [0.29, 0.717) is 6.04 Å². The highest BCUT2D eigenvalue weighted by atomic mass is 16.3. The molecule has 27 heavy (non-hydrogen) atoms. The zero-order valence-electron chi connectivity index (χ0n) is 20.6. The van der Waals surface area contributed by atoms with Crippen molar-refractivity contribution in [1.82, 2.24) is 4.98 Å². The molecule has 0 amide bonds. The lowest BCUT2D eigenvalue weighted by Crippen LogP contribution is -2.17. The van der Waals surface area contributed by atoms with Crippen LogP contribution in [0.3, 0.4) is 0 Å². The summed E-state index contributed by atoms with van der Waals surface area (Å²) in [6.07, 6.45) is 0. The lowest BCUT2D eigenvalue weighted by Gasteiger charge is -2.20. The van der Waals surface area contributed by atoms with Crippen LogP contribution in [0.1, 0.15) is 107 Å². The van der Waals surface area contributed by atoms with Crippen molar-refractivity contribution < 1.29 is 5.79 Å². The van der Waals surface area contributed by atoms with Gasteiger partial charge in [0.2, 0.25) is 0 Å². The average Bonchev–Trinajstić information content (AvgIpc) is 2.82. The summed E-state index contributed by atoms with van der Waals surface area (Å²) in [5, 5.41) is 0. The van der Waals surface area contributed by atoms with Crippen molar-refractivity contribution in [3.63, 3.8) is 0 Å². The molecule has 2 aromatic rings. The Morgan fingerprint density at radius 2 is 1.15 bits per heavy atom. The topological polar surface area (TPSA) is 27.1 Å². The fraction of sp³-hybridized carbons (Fsp3) is 0.640. The Hall–Kier alpha value is -1.57. The fourth-order valence-electron chi connectivity index (χ4n) is 2.95. The van der Waals surface area contributed by atoms with E-state index in [4.69, 9.17) is 5.79 Å². The maximum atomic E-state index is 8.93. The summed E-state index contributed by atoms with van der Waals surface area (Å²) >= 11 is 0. The van der Waals surface area contributed by atoms with E-state index in [-0.39, 0.29) is 21.7 Å². The lowest BCUT2D eigenvalue weighted by molar-refractivity contribution is 0.329. The SMILES string of the molecule is [2H]c1c(C(C)(C)C)[nH]c(-c2cc(C(C)(C)C)[o+]c(C(C)(C)C)c2)c1C(C)(C)C. The molecule has 0 unspecified atom stereocenters. The molecule has 150 valence electrons. The predicted octanol–water partition coefficient (Wildman–Crippen LogP) is 7.75. The van der Waals surface area contributed by atoms with Gasteiger partial charge in [0.25, 0.3) is 0 Å². The third kappa shape index (κ3) is 4.83. The van der Waals surface area contributed by atoms with E-state index >= 15 is 0 Å². The molecule has 0 aliphatic rings. The van der Waals surface area contributed by atoms with Gasteiger partial charge in [-0.3, -0.25) is 0 Å². The van der Waals surface area contributed by atoms with Gasteiger partial charge in [-0.25, -0.2) is 4.42 Å². The number of rotatable bonds is 1. The van der Waals surface area contributed by atoms with Gasteiger partial charge in [-0.15, -0.1) is 0 Å². The van der Waals surface area contributed by atoms with Crippen LogP contribution in [-0.4, -0.2) is 4.98 Å². The van der Waals surface area contributed by atoms with Gasteiger partial charge in [0.05, 0.1) is 17.9 Å². The van der Waals surface area contributed by atoms with Crippen molar-refractivity contribution in [2.24, 2.45) is 0 Å². The molecule has 2 rings (SSSR count). The van der Waals surface area contributed by atoms with Gasteiger partial charge >= 0.3 is 11.5 Å². The lowest BCUT2D eigenvalue weighted by atomic mass is 9.83. The molecule has 1 N–H and O–H groups in total. The quantitative estimate of drug-likeness (QED) is 0.510. The summed E-state index contributed by atoms with van der Waals surface area (Å²) in [5.74, 6) is 1.93. The van der Waals surface area contributed by atoms with Crippen molar-refractivity contribution in [1.29, 1.82) is 0 Å². The number of nitrogens with one attached hydrogen (secondary N) is 1. The van der Waals surface area contributed by atoms with E-state index in [2.05, 4.69) is 100 Å². The summed E-state index contributed by atoms with van der Waals surface area (Å²) in [4.78, 5) is 3.64. The molecule has 0 spiro atoms. The second-order valence-electron chi connectivity index (χ2n) is 11.9. The first kappa shape index (κ1) is 20.2. The molecule has 0 saturated carbocycles. The van der Waals surface area contributed by atoms with Crippen LogP contribution in [0.15, 0.2) is 22.6 Å². The zero-order chi connectivity index (χ0) is 21.9. The standard InChI is InChI=1S/C25H40NO/c1-22(2,3)17-15-18(23(4,5)6)26-21(17)16-13-19(24(7,8)9)27-20(14-16)25(10,11)12/h13-15,26H,1-12H3/q+1/i15D. The van der Waals surface area contributed by atoms with Crippen LogP contribution in [0.4, 0.5) is 0 Å². The molecule has 0 aromatic carbocycles. The highest BCUT2D eigenvalue weighted by Crippen LogP contribution is 2.39. The van der Waals surface area contributed by atoms with E-state index in [9.17, 15) is 0 Å². The Balaban J connectivity index is 2.91. The van der Waals surface area contributed by atoms with Crippen LogP contribution in [-0.2, 0) is 21.7 Å². The molecule has 0 radical (unpaired) electrons. The first-order valence-electron chi connectivity index (χ1n) is 10.6. The number of hydrogen-bond acceptors (Lipinski definition) is 0. The minimum atomic E-state index is -0.136. The summed E-state index contributed by atoms with van der Waals surface area (Å²) in [6, 6.07) is 4.94. The van der Waals surface area contributed by atoms with Crippen LogP contribution < -0.4 is 0 Å². The Bertz CT molecular complexity index is 830. The monoisotopic (exact) mass is 371 g/mol. The van der Waals surface area contributed by atoms with Crippen LogP contribution in [0.5, 0.6) is 0 Å². The molecular formula is C25H40NO+. The summed E-state index contributed by atoms with van der Waals surface area (Å²) in [5.41, 5.74) is 3.77. The number of H-pyrrole nitrogens is 1. The second-order valence-corrected chi connectivity index (χ2v) is 11.9. The number of aromatic amines is 1. The molecular weight excluding hydrogens is 330 g/mol. The van der Waals surface area contributed by atoms with E-state index in [1.165, 1.54) is 0 Å². The Morgan fingerprint density at radius 1 is 0.704 bits per heavy atom. The van der Waals surface area contributed by atoms with E-state index in [0.717, 1.165) is 34.0 Å². The average molecular weight is 372 g/mol. The highest BCUT2D eigenvalue weighted by molar-refractivity contribution is 5.67. The van der Waals surface area contributed by atoms with Crippen molar-refractivity contribution in [3.05, 3.63) is 41.0 Å². The van der Waals surface area contributed by atoms with Crippen LogP contribution in [0.25, 0.3) is 11.3 Å². The Labute approximate surface area is 168 Å². The van der Waals surface area contributed by atoms with Crippen molar-refractivity contribution in [3.8, 4) is 11.3 Å². The molecule has 0 aliphatic heterocycles. The van der Waals surface area contributed by atoms with Crippen LogP contribution in [0.2, 0.25) is 0 Å². The normalized spacial score (nSPS) is 14.4. The molecule has 0 bridgehead atoms. The molecule has 0 atom stereocenters. The van der Waals surface area contributed by atoms with Crippen molar-refractivity contribution in [2.45, 2.75) is 105 Å². The summed E-state index contributed by atoms with van der Waals surface area (Å²) < 4.78 is 15.3. The van der Waals surface area contributed by atoms with E-state index in [1.54, 1.807) is 0 Å². The molecule has 0 aliphatic carbocycles. The van der Waals surface area contributed by atoms with Gasteiger partial charge in [0.15, 0.2) is 0 Å². The Kier molecular flexibility index (Phi) is 4.85. The minimum Gasteiger partial charge on any atom is -0.358 e. The van der Waals surface area contributed by atoms with Gasteiger partial charge in [-0.2, -0.15) is 0 Å². The molecule has 2 heteroatoms. The number of aromatic nitrogens is 1. The van der Waals surface area contributed by atoms with E-state index in [1.807, 2.05) is 0 Å². The van der Waals surface area contributed by atoms with Crippen LogP contribution >= 0.6 is 0 Å². The summed E-state index contributed by atoms with van der Waals surface area (Å²) in [7, 11) is 0. The maximum Gasteiger partial charge on any atom is 0.335 e. The molecule has 2 nitrogen and oxygen atoms in total. The molecule has 0 fully saturated rings. The van der Waals surface area contributed by atoms with Gasteiger partial charge in [0.1, 0.15) is 0 Å². The third-order valence-electron chi connectivity index (χ3n) is 4.81. The Morgan fingerprint density at radius 3 is 1.48 bits per heavy atom. The predicted molar refractivity (Wildman–Crippen MR) is 118 cm³/mol. The zero-order valence-corrected chi connectivity index (χ0v) is 19.6. The van der Waals surface area contributed by atoms with Gasteiger partial charge in [0, 0.05) is 28.8 Å². The van der Waals surface area contributed by atoms with Crippen LogP contribution in [0, 0.1) is 0 Å². The fourth-order valence-corrected chi connectivity index (χ4v) is 2.95. The third-order valence-corrected chi connectivity index (χ3v) is 4.81. The minimum absolute atomic E-state index is 0.0961. The number of hydrogen-bond donors (Lipinski definition) is 1. The van der Waals surface area contributed by atoms with E-state index < -0.39 is 0 Å². The first-order chi connectivity index (χ1) is 12.3. The molecule has 2 aromatic heterocycles. The van der Waals surface area contributed by atoms with Gasteiger partial charge in [-0.05, 0) is 58.6 Å². The molecule has 0 saturated heterocycles. The first-order valence-corrected chi connectivity index (χ1v) is 10.1. The largest absolute Gasteiger partial charge is 0.358 e. The highest BCUT2D eigenvalue weighted by Gasteiger charge is 2.35. The van der Waals surface area contributed by atoms with Crippen molar-refractivity contribution >= 4 is 0 Å².